The first-order valence-electron chi connectivity index (χ1n) is 11.6. The molecular formula is C26H44O3. The summed E-state index contributed by atoms with van der Waals surface area (Å²) in [6.07, 6.45) is 14.2. The Hall–Kier alpha value is -1.64. The molecule has 1 aromatic rings. The molecule has 3 N–H and O–H groups in total. The maximum absolute atomic E-state index is 9.88. The standard InChI is InChI=1S/C26H44O3/c1-19(2)9-6-10-20(3)11-7-12-21(4)13-8-14-22(5)15-16-24-25(28)17-23(27)18-26(24)29/h15,17-21,27-29H,6-14,16H2,1-5H3. The summed E-state index contributed by atoms with van der Waals surface area (Å²) in [6.45, 7) is 11.5. The molecular weight excluding hydrogens is 360 g/mol. The molecule has 0 aliphatic carbocycles. The van der Waals surface area contributed by atoms with Crippen molar-refractivity contribution in [2.24, 2.45) is 17.8 Å². The van der Waals surface area contributed by atoms with Crippen LogP contribution in [0.5, 0.6) is 17.2 Å². The third-order valence-electron chi connectivity index (χ3n) is 5.98. The van der Waals surface area contributed by atoms with Crippen molar-refractivity contribution in [2.45, 2.75) is 98.8 Å². The summed E-state index contributed by atoms with van der Waals surface area (Å²) in [5.74, 6) is 2.23. The SMILES string of the molecule is CC(=CCc1c(O)cc(O)cc1O)CCCC(C)CCCC(C)CCCC(C)C. The zero-order chi connectivity index (χ0) is 21.8. The Morgan fingerprint density at radius 2 is 1.28 bits per heavy atom. The van der Waals surface area contributed by atoms with Crippen molar-refractivity contribution in [3.8, 4) is 17.2 Å². The molecule has 1 rings (SSSR count). The van der Waals surface area contributed by atoms with Gasteiger partial charge in [0.1, 0.15) is 17.2 Å². The van der Waals surface area contributed by atoms with Crippen molar-refractivity contribution < 1.29 is 15.3 Å². The van der Waals surface area contributed by atoms with Crippen LogP contribution in [0, 0.1) is 17.8 Å². The molecule has 0 amide bonds. The zero-order valence-corrected chi connectivity index (χ0v) is 19.4. The Labute approximate surface area is 178 Å². The number of allylic oxidation sites excluding steroid dienone is 2. The second-order valence-corrected chi connectivity index (χ2v) is 9.58. The molecule has 1 aromatic carbocycles. The van der Waals surface area contributed by atoms with Crippen molar-refractivity contribution >= 4 is 0 Å². The number of hydrogen-bond acceptors (Lipinski definition) is 3. The molecule has 0 spiro atoms. The maximum Gasteiger partial charge on any atom is 0.126 e. The summed E-state index contributed by atoms with van der Waals surface area (Å²) in [4.78, 5) is 0. The van der Waals surface area contributed by atoms with Crippen LogP contribution >= 0.6 is 0 Å². The van der Waals surface area contributed by atoms with Crippen LogP contribution in [0.3, 0.4) is 0 Å². The Morgan fingerprint density at radius 3 is 1.79 bits per heavy atom. The molecule has 3 nitrogen and oxygen atoms in total. The first kappa shape index (κ1) is 25.4. The Morgan fingerprint density at radius 1 is 0.793 bits per heavy atom. The zero-order valence-electron chi connectivity index (χ0n) is 19.4. The monoisotopic (exact) mass is 404 g/mol. The van der Waals surface area contributed by atoms with E-state index >= 15 is 0 Å². The Bertz CT molecular complexity index is 595. The summed E-state index contributed by atoms with van der Waals surface area (Å²) in [7, 11) is 0. The minimum Gasteiger partial charge on any atom is -0.508 e. The molecule has 29 heavy (non-hydrogen) atoms. The van der Waals surface area contributed by atoms with Gasteiger partial charge in [-0.2, -0.15) is 0 Å². The van der Waals surface area contributed by atoms with E-state index in [0.29, 0.717) is 12.0 Å². The lowest BCUT2D eigenvalue weighted by atomic mass is 9.91. The number of phenols is 3. The van der Waals surface area contributed by atoms with Crippen molar-refractivity contribution in [3.05, 3.63) is 29.3 Å². The lowest BCUT2D eigenvalue weighted by Crippen LogP contribution is -2.00. The highest BCUT2D eigenvalue weighted by Crippen LogP contribution is 2.32. The smallest absolute Gasteiger partial charge is 0.126 e. The topological polar surface area (TPSA) is 60.7 Å². The van der Waals surface area contributed by atoms with Crippen LogP contribution in [0.4, 0.5) is 0 Å². The summed E-state index contributed by atoms with van der Waals surface area (Å²) in [5, 5.41) is 29.1. The third-order valence-corrected chi connectivity index (χ3v) is 5.98. The van der Waals surface area contributed by atoms with Crippen LogP contribution in [0.25, 0.3) is 0 Å². The maximum atomic E-state index is 9.88. The van der Waals surface area contributed by atoms with Crippen LogP contribution in [-0.4, -0.2) is 15.3 Å². The summed E-state index contributed by atoms with van der Waals surface area (Å²) in [5.41, 5.74) is 1.75. The highest BCUT2D eigenvalue weighted by atomic mass is 16.3. The molecule has 0 aromatic heterocycles. The minimum atomic E-state index is -0.122. The summed E-state index contributed by atoms with van der Waals surface area (Å²) in [6, 6.07) is 2.54. The fourth-order valence-corrected chi connectivity index (χ4v) is 3.92. The fraction of sp³-hybridized carbons (Fsp3) is 0.692. The molecule has 0 aliphatic heterocycles. The predicted octanol–water partition coefficient (Wildman–Crippen LogP) is 7.73. The largest absolute Gasteiger partial charge is 0.508 e. The molecule has 3 heteroatoms. The van der Waals surface area contributed by atoms with Crippen molar-refractivity contribution in [3.63, 3.8) is 0 Å². The van der Waals surface area contributed by atoms with Crippen LogP contribution < -0.4 is 0 Å². The van der Waals surface area contributed by atoms with Gasteiger partial charge in [-0.25, -0.2) is 0 Å². The van der Waals surface area contributed by atoms with E-state index < -0.39 is 0 Å². The molecule has 0 saturated carbocycles. The van der Waals surface area contributed by atoms with Gasteiger partial charge >= 0.3 is 0 Å². The van der Waals surface area contributed by atoms with Gasteiger partial charge in [0.15, 0.2) is 0 Å². The van der Waals surface area contributed by atoms with E-state index in [1.54, 1.807) is 0 Å². The average Bonchev–Trinajstić information content (AvgIpc) is 2.60. The molecule has 0 heterocycles. The quantitative estimate of drug-likeness (QED) is 0.278. The van der Waals surface area contributed by atoms with Crippen molar-refractivity contribution in [2.75, 3.05) is 0 Å². The number of hydrogen-bond donors (Lipinski definition) is 3. The van der Waals surface area contributed by atoms with E-state index in [1.165, 1.54) is 69.1 Å². The molecule has 2 atom stereocenters. The first-order chi connectivity index (χ1) is 13.7. The van der Waals surface area contributed by atoms with Gasteiger partial charge in [0.05, 0.1) is 0 Å². The van der Waals surface area contributed by atoms with Gasteiger partial charge in [-0.15, -0.1) is 0 Å². The van der Waals surface area contributed by atoms with Gasteiger partial charge in [0, 0.05) is 17.7 Å². The molecule has 0 saturated heterocycles. The van der Waals surface area contributed by atoms with Crippen molar-refractivity contribution in [1.29, 1.82) is 0 Å². The van der Waals surface area contributed by atoms with Gasteiger partial charge in [-0.3, -0.25) is 0 Å². The molecule has 0 fully saturated rings. The lowest BCUT2D eigenvalue weighted by Gasteiger charge is -2.15. The number of rotatable bonds is 14. The van der Waals surface area contributed by atoms with E-state index in [9.17, 15) is 15.3 Å². The predicted molar refractivity (Wildman–Crippen MR) is 124 cm³/mol. The second kappa shape index (κ2) is 13.6. The highest BCUT2D eigenvalue weighted by Gasteiger charge is 2.09. The van der Waals surface area contributed by atoms with Crippen molar-refractivity contribution in [1.82, 2.24) is 0 Å². The molecule has 2 unspecified atom stereocenters. The van der Waals surface area contributed by atoms with Crippen LogP contribution in [0.2, 0.25) is 0 Å². The van der Waals surface area contributed by atoms with Crippen LogP contribution in [0.15, 0.2) is 23.8 Å². The number of phenolic OH excluding ortho intramolecular Hbond substituents is 3. The summed E-state index contributed by atoms with van der Waals surface area (Å²) >= 11 is 0. The van der Waals surface area contributed by atoms with Gasteiger partial charge in [0.2, 0.25) is 0 Å². The summed E-state index contributed by atoms with van der Waals surface area (Å²) < 4.78 is 0. The molecule has 0 bridgehead atoms. The first-order valence-corrected chi connectivity index (χ1v) is 11.6. The minimum absolute atomic E-state index is 0.0568. The molecule has 0 aliphatic rings. The average molecular weight is 405 g/mol. The normalized spacial score (nSPS) is 14.3. The second-order valence-electron chi connectivity index (χ2n) is 9.58. The molecule has 166 valence electrons. The lowest BCUT2D eigenvalue weighted by molar-refractivity contribution is 0.389. The van der Waals surface area contributed by atoms with Gasteiger partial charge < -0.3 is 15.3 Å². The van der Waals surface area contributed by atoms with Gasteiger partial charge in [-0.05, 0) is 43.9 Å². The highest BCUT2D eigenvalue weighted by molar-refractivity contribution is 5.49. The Kier molecular flexibility index (Phi) is 11.9. The van der Waals surface area contributed by atoms with E-state index in [-0.39, 0.29) is 17.2 Å². The fourth-order valence-electron chi connectivity index (χ4n) is 3.92. The molecule has 0 radical (unpaired) electrons. The van der Waals surface area contributed by atoms with E-state index in [0.717, 1.165) is 24.2 Å². The van der Waals surface area contributed by atoms with E-state index in [4.69, 9.17) is 0 Å². The number of benzene rings is 1. The van der Waals surface area contributed by atoms with E-state index in [1.807, 2.05) is 0 Å². The van der Waals surface area contributed by atoms with E-state index in [2.05, 4.69) is 40.7 Å². The number of aromatic hydroxyl groups is 3. The van der Waals surface area contributed by atoms with Crippen LogP contribution in [0.1, 0.15) is 98.0 Å². The van der Waals surface area contributed by atoms with Gasteiger partial charge in [0.25, 0.3) is 0 Å². The third kappa shape index (κ3) is 11.2. The van der Waals surface area contributed by atoms with Crippen LogP contribution in [-0.2, 0) is 6.42 Å². The van der Waals surface area contributed by atoms with Gasteiger partial charge in [-0.1, -0.05) is 84.3 Å². The Balaban J connectivity index is 2.21.